The van der Waals surface area contributed by atoms with E-state index in [1.54, 1.807) is 0 Å². The first kappa shape index (κ1) is 17.1. The third-order valence-electron chi connectivity index (χ3n) is 1.51. The number of rotatable bonds is 6. The maximum Gasteiger partial charge on any atom is 0.00449 e. The third kappa shape index (κ3) is 38.7. The van der Waals surface area contributed by atoms with E-state index in [-0.39, 0.29) is 4.75 Å². The summed E-state index contributed by atoms with van der Waals surface area (Å²) in [7, 11) is 0. The van der Waals surface area contributed by atoms with Crippen molar-refractivity contribution in [3.05, 3.63) is 0 Å². The monoisotopic (exact) mass is 236 g/mol. The SMILES string of the molecule is CC(C)(C)S.CCCCCCCCS. The molecule has 0 spiro atoms. The summed E-state index contributed by atoms with van der Waals surface area (Å²) in [4.78, 5) is 0. The molecular weight excluding hydrogens is 208 g/mol. The molecule has 0 saturated heterocycles. The molecule has 0 N–H and O–H groups in total. The molecule has 0 aromatic carbocycles. The maximum atomic E-state index is 4.15. The molecule has 0 fully saturated rings. The van der Waals surface area contributed by atoms with E-state index in [4.69, 9.17) is 0 Å². The van der Waals surface area contributed by atoms with Crippen molar-refractivity contribution in [3.8, 4) is 0 Å². The molecular formula is C12H28S2. The zero-order valence-electron chi connectivity index (χ0n) is 10.3. The Morgan fingerprint density at radius 2 is 1.21 bits per heavy atom. The van der Waals surface area contributed by atoms with Crippen molar-refractivity contribution in [1.29, 1.82) is 0 Å². The smallest absolute Gasteiger partial charge is 0.00449 e. The molecule has 0 aromatic heterocycles. The van der Waals surface area contributed by atoms with E-state index in [1.807, 2.05) is 0 Å². The molecule has 0 aliphatic heterocycles. The Bertz CT molecular complexity index is 83.0. The van der Waals surface area contributed by atoms with Crippen LogP contribution in [0.2, 0.25) is 0 Å². The Morgan fingerprint density at radius 1 is 0.857 bits per heavy atom. The van der Waals surface area contributed by atoms with Gasteiger partial charge < -0.3 is 0 Å². The molecule has 0 radical (unpaired) electrons. The highest BCUT2D eigenvalue weighted by Gasteiger charge is 1.96. The minimum atomic E-state index is 0.194. The topological polar surface area (TPSA) is 0 Å². The van der Waals surface area contributed by atoms with Crippen molar-refractivity contribution in [2.24, 2.45) is 0 Å². The van der Waals surface area contributed by atoms with Crippen LogP contribution in [-0.4, -0.2) is 10.5 Å². The Labute approximate surface area is 102 Å². The summed E-state index contributed by atoms with van der Waals surface area (Å²) in [5, 5.41) is 0. The van der Waals surface area contributed by atoms with Gasteiger partial charge in [0.2, 0.25) is 0 Å². The quantitative estimate of drug-likeness (QED) is 0.471. The van der Waals surface area contributed by atoms with E-state index >= 15 is 0 Å². The highest BCUT2D eigenvalue weighted by Crippen LogP contribution is 2.07. The molecule has 0 heterocycles. The largest absolute Gasteiger partial charge is 0.179 e. The summed E-state index contributed by atoms with van der Waals surface area (Å²) in [6.45, 7) is 8.40. The fraction of sp³-hybridized carbons (Fsp3) is 1.00. The second kappa shape index (κ2) is 11.8. The molecule has 0 amide bonds. The van der Waals surface area contributed by atoms with E-state index in [0.717, 1.165) is 5.75 Å². The van der Waals surface area contributed by atoms with Gasteiger partial charge in [0, 0.05) is 4.75 Å². The van der Waals surface area contributed by atoms with Gasteiger partial charge in [-0.15, -0.1) is 0 Å². The van der Waals surface area contributed by atoms with Gasteiger partial charge in [-0.05, 0) is 12.2 Å². The summed E-state index contributed by atoms with van der Waals surface area (Å²) in [5.74, 6) is 1.06. The number of thiol groups is 2. The minimum absolute atomic E-state index is 0.194. The summed E-state index contributed by atoms with van der Waals surface area (Å²) in [5.41, 5.74) is 0. The molecule has 14 heavy (non-hydrogen) atoms. The van der Waals surface area contributed by atoms with E-state index in [0.29, 0.717) is 0 Å². The van der Waals surface area contributed by atoms with Crippen LogP contribution in [0.15, 0.2) is 0 Å². The van der Waals surface area contributed by atoms with Gasteiger partial charge in [0.05, 0.1) is 0 Å². The van der Waals surface area contributed by atoms with Crippen molar-refractivity contribution in [3.63, 3.8) is 0 Å². The molecule has 0 nitrogen and oxygen atoms in total. The minimum Gasteiger partial charge on any atom is -0.179 e. The van der Waals surface area contributed by atoms with E-state index in [9.17, 15) is 0 Å². The fourth-order valence-electron chi connectivity index (χ4n) is 0.892. The predicted octanol–water partition coefficient (Wildman–Crippen LogP) is 4.99. The van der Waals surface area contributed by atoms with E-state index in [2.05, 4.69) is 53.0 Å². The van der Waals surface area contributed by atoms with Gasteiger partial charge in [-0.1, -0.05) is 59.8 Å². The Balaban J connectivity index is 0. The molecule has 0 rings (SSSR count). The van der Waals surface area contributed by atoms with Crippen LogP contribution < -0.4 is 0 Å². The van der Waals surface area contributed by atoms with Crippen LogP contribution in [-0.2, 0) is 0 Å². The molecule has 0 aliphatic rings. The molecule has 0 saturated carbocycles. The van der Waals surface area contributed by atoms with Gasteiger partial charge in [0.1, 0.15) is 0 Å². The van der Waals surface area contributed by atoms with Gasteiger partial charge in [-0.2, -0.15) is 25.3 Å². The normalized spacial score (nSPS) is 10.7. The predicted molar refractivity (Wildman–Crippen MR) is 76.0 cm³/mol. The first-order chi connectivity index (χ1) is 6.41. The lowest BCUT2D eigenvalue weighted by Gasteiger charge is -2.04. The van der Waals surface area contributed by atoms with E-state index in [1.165, 1.54) is 38.5 Å². The van der Waals surface area contributed by atoms with Gasteiger partial charge >= 0.3 is 0 Å². The summed E-state index contributed by atoms with van der Waals surface area (Å²) in [6, 6.07) is 0. The number of unbranched alkanes of at least 4 members (excludes halogenated alkanes) is 5. The fourth-order valence-corrected chi connectivity index (χ4v) is 1.12. The summed E-state index contributed by atoms with van der Waals surface area (Å²) < 4.78 is 0.194. The average molecular weight is 236 g/mol. The second-order valence-electron chi connectivity index (χ2n) is 4.66. The van der Waals surface area contributed by atoms with Crippen LogP contribution in [0.4, 0.5) is 0 Å². The molecule has 0 unspecified atom stereocenters. The van der Waals surface area contributed by atoms with Crippen molar-refractivity contribution >= 4 is 25.3 Å². The van der Waals surface area contributed by atoms with Gasteiger partial charge in [0.15, 0.2) is 0 Å². The second-order valence-corrected chi connectivity index (χ2v) is 6.45. The molecule has 0 atom stereocenters. The zero-order valence-corrected chi connectivity index (χ0v) is 12.1. The lowest BCUT2D eigenvalue weighted by atomic mass is 10.1. The van der Waals surface area contributed by atoms with Crippen LogP contribution >= 0.6 is 25.3 Å². The van der Waals surface area contributed by atoms with Crippen LogP contribution in [0.5, 0.6) is 0 Å². The van der Waals surface area contributed by atoms with Gasteiger partial charge in [-0.3, -0.25) is 0 Å². The number of hydrogen-bond acceptors (Lipinski definition) is 2. The maximum absolute atomic E-state index is 4.15. The van der Waals surface area contributed by atoms with Crippen molar-refractivity contribution in [2.75, 3.05) is 5.75 Å². The highest BCUT2D eigenvalue weighted by atomic mass is 32.1. The number of hydrogen-bond donors (Lipinski definition) is 2. The zero-order chi connectivity index (χ0) is 11.4. The molecule has 2 heteroatoms. The Morgan fingerprint density at radius 3 is 1.57 bits per heavy atom. The van der Waals surface area contributed by atoms with E-state index < -0.39 is 0 Å². The van der Waals surface area contributed by atoms with Crippen LogP contribution in [0.25, 0.3) is 0 Å². The van der Waals surface area contributed by atoms with Crippen LogP contribution in [0.3, 0.4) is 0 Å². The lowest BCUT2D eigenvalue weighted by Crippen LogP contribution is -1.99. The standard InChI is InChI=1S/C8H18S.C4H10S/c1-2-3-4-5-6-7-8-9;1-4(2,3)5/h9H,2-8H2,1H3;5H,1-3H3. The van der Waals surface area contributed by atoms with Crippen molar-refractivity contribution in [2.45, 2.75) is 71.0 Å². The summed E-state index contributed by atoms with van der Waals surface area (Å²) >= 11 is 8.27. The van der Waals surface area contributed by atoms with Crippen molar-refractivity contribution in [1.82, 2.24) is 0 Å². The Hall–Kier alpha value is 0.700. The first-order valence-electron chi connectivity index (χ1n) is 5.75. The molecule has 0 aromatic rings. The first-order valence-corrected chi connectivity index (χ1v) is 6.83. The lowest BCUT2D eigenvalue weighted by molar-refractivity contribution is 0.627. The molecule has 0 aliphatic carbocycles. The van der Waals surface area contributed by atoms with Crippen LogP contribution in [0, 0.1) is 0 Å². The third-order valence-corrected chi connectivity index (χ3v) is 1.83. The average Bonchev–Trinajstić information content (AvgIpc) is 2.01. The van der Waals surface area contributed by atoms with Crippen LogP contribution in [0.1, 0.15) is 66.2 Å². The molecule has 0 bridgehead atoms. The van der Waals surface area contributed by atoms with Crippen molar-refractivity contribution < 1.29 is 0 Å². The Kier molecular flexibility index (Phi) is 14.4. The summed E-state index contributed by atoms with van der Waals surface area (Å²) in [6.07, 6.45) is 8.27. The molecule has 88 valence electrons. The van der Waals surface area contributed by atoms with Gasteiger partial charge in [0.25, 0.3) is 0 Å². The van der Waals surface area contributed by atoms with Gasteiger partial charge in [-0.25, -0.2) is 0 Å². The highest BCUT2D eigenvalue weighted by molar-refractivity contribution is 7.81.